The highest BCUT2D eigenvalue weighted by atomic mass is 32.2. The molecule has 1 amide bonds. The van der Waals surface area contributed by atoms with E-state index in [2.05, 4.69) is 15.5 Å². The van der Waals surface area contributed by atoms with Gasteiger partial charge >= 0.3 is 5.97 Å². The summed E-state index contributed by atoms with van der Waals surface area (Å²) in [6.07, 6.45) is 4.49. The molecule has 0 radical (unpaired) electrons. The smallest absolute Gasteiger partial charge is 0.339 e. The van der Waals surface area contributed by atoms with Gasteiger partial charge in [0, 0.05) is 18.8 Å². The molecule has 140 valence electrons. The first-order chi connectivity index (χ1) is 13.1. The van der Waals surface area contributed by atoms with Gasteiger partial charge in [0.15, 0.2) is 5.82 Å². The fraction of sp³-hybridized carbons (Fsp3) is 0.222. The first-order valence-corrected chi connectivity index (χ1v) is 9.30. The number of ether oxygens (including phenoxy) is 1. The van der Waals surface area contributed by atoms with Crippen LogP contribution in [-0.2, 0) is 16.0 Å². The molecule has 1 N–H and O–H groups in total. The molecule has 0 fully saturated rings. The Morgan fingerprint density at radius 1 is 1.15 bits per heavy atom. The molecule has 0 spiro atoms. The van der Waals surface area contributed by atoms with Gasteiger partial charge in [-0.3, -0.25) is 9.47 Å². The highest BCUT2D eigenvalue weighted by molar-refractivity contribution is 7.99. The van der Waals surface area contributed by atoms with E-state index < -0.39 is 5.97 Å². The Balaban J connectivity index is 1.71. The first kappa shape index (κ1) is 18.7. The quantitative estimate of drug-likeness (QED) is 0.496. The van der Waals surface area contributed by atoms with Gasteiger partial charge in [0.2, 0.25) is 11.1 Å². The lowest BCUT2D eigenvalue weighted by atomic mass is 10.2. The SMILES string of the molecule is CCc1nnc(SCC(=O)Nc2ccccc2C(=O)OC)n1-n1cccc1. The van der Waals surface area contributed by atoms with Gasteiger partial charge in [-0.05, 0) is 24.3 Å². The Morgan fingerprint density at radius 2 is 1.89 bits per heavy atom. The normalized spacial score (nSPS) is 10.6. The van der Waals surface area contributed by atoms with E-state index in [0.29, 0.717) is 22.8 Å². The number of benzene rings is 1. The fourth-order valence-corrected chi connectivity index (χ4v) is 3.25. The van der Waals surface area contributed by atoms with Crippen LogP contribution in [0.2, 0.25) is 0 Å². The van der Waals surface area contributed by atoms with Crippen molar-refractivity contribution in [1.82, 2.24) is 19.5 Å². The van der Waals surface area contributed by atoms with Gasteiger partial charge in [-0.25, -0.2) is 9.47 Å². The summed E-state index contributed by atoms with van der Waals surface area (Å²) in [5.41, 5.74) is 0.721. The maximum atomic E-state index is 12.4. The van der Waals surface area contributed by atoms with Gasteiger partial charge in [-0.1, -0.05) is 30.8 Å². The number of carbonyl (C=O) groups is 2. The molecule has 3 aromatic rings. The summed E-state index contributed by atoms with van der Waals surface area (Å²) in [5, 5.41) is 11.7. The number of nitrogens with one attached hydrogen (secondary N) is 1. The molecule has 0 aliphatic heterocycles. The minimum absolute atomic E-state index is 0.124. The van der Waals surface area contributed by atoms with Crippen molar-refractivity contribution < 1.29 is 14.3 Å². The summed E-state index contributed by atoms with van der Waals surface area (Å²) >= 11 is 1.27. The summed E-state index contributed by atoms with van der Waals surface area (Å²) in [6.45, 7) is 1.99. The van der Waals surface area contributed by atoms with Crippen LogP contribution in [0.3, 0.4) is 0 Å². The fourth-order valence-electron chi connectivity index (χ4n) is 2.49. The van der Waals surface area contributed by atoms with Crippen LogP contribution in [0, 0.1) is 0 Å². The van der Waals surface area contributed by atoms with Crippen molar-refractivity contribution >= 4 is 29.3 Å². The van der Waals surface area contributed by atoms with E-state index in [-0.39, 0.29) is 11.7 Å². The highest BCUT2D eigenvalue weighted by Gasteiger charge is 2.16. The molecule has 0 aliphatic rings. The third-order valence-corrected chi connectivity index (χ3v) is 4.67. The molecular weight excluding hydrogens is 366 g/mol. The molecule has 8 nitrogen and oxygen atoms in total. The molecule has 0 unspecified atom stereocenters. The number of aromatic nitrogens is 4. The number of thioether (sulfide) groups is 1. The zero-order chi connectivity index (χ0) is 19.2. The number of amides is 1. The highest BCUT2D eigenvalue weighted by Crippen LogP contribution is 2.20. The second kappa shape index (κ2) is 8.54. The molecule has 0 saturated heterocycles. The van der Waals surface area contributed by atoms with Gasteiger partial charge in [-0.2, -0.15) is 0 Å². The van der Waals surface area contributed by atoms with E-state index in [1.165, 1.54) is 18.9 Å². The zero-order valence-corrected chi connectivity index (χ0v) is 15.8. The predicted octanol–water partition coefficient (Wildman–Crippen LogP) is 2.47. The van der Waals surface area contributed by atoms with Gasteiger partial charge < -0.3 is 10.1 Å². The molecular formula is C18H19N5O3S. The predicted molar refractivity (Wildman–Crippen MR) is 102 cm³/mol. The summed E-state index contributed by atoms with van der Waals surface area (Å²) in [4.78, 5) is 24.2. The van der Waals surface area contributed by atoms with Gasteiger partial charge in [-0.15, -0.1) is 10.2 Å². The van der Waals surface area contributed by atoms with Crippen molar-refractivity contribution in [2.75, 3.05) is 18.2 Å². The Labute approximate surface area is 160 Å². The number of rotatable bonds is 7. The minimum atomic E-state index is -0.501. The Hall–Kier alpha value is -3.07. The van der Waals surface area contributed by atoms with Crippen molar-refractivity contribution in [2.24, 2.45) is 0 Å². The third kappa shape index (κ3) is 4.20. The van der Waals surface area contributed by atoms with Gasteiger partial charge in [0.05, 0.1) is 24.1 Å². The molecule has 0 saturated carbocycles. The standard InChI is InChI=1S/C18H19N5O3S/c1-3-15-20-21-18(23(15)22-10-6-7-11-22)27-12-16(24)19-14-9-5-4-8-13(14)17(25)26-2/h4-11H,3,12H2,1-2H3,(H,19,24). The van der Waals surface area contributed by atoms with Crippen LogP contribution < -0.4 is 5.32 Å². The molecule has 2 heterocycles. The number of methoxy groups -OCH3 is 1. The van der Waals surface area contributed by atoms with E-state index in [1.54, 1.807) is 24.3 Å². The van der Waals surface area contributed by atoms with Crippen LogP contribution in [-0.4, -0.2) is 44.3 Å². The maximum Gasteiger partial charge on any atom is 0.339 e. The summed E-state index contributed by atoms with van der Waals surface area (Å²) < 4.78 is 8.47. The van der Waals surface area contributed by atoms with Crippen LogP contribution in [0.15, 0.2) is 53.9 Å². The van der Waals surface area contributed by atoms with Crippen molar-refractivity contribution in [1.29, 1.82) is 0 Å². The average molecular weight is 385 g/mol. The summed E-state index contributed by atoms with van der Waals surface area (Å²) in [5.74, 6) is 0.165. The van der Waals surface area contributed by atoms with E-state index in [9.17, 15) is 9.59 Å². The first-order valence-electron chi connectivity index (χ1n) is 8.32. The lowest BCUT2D eigenvalue weighted by Gasteiger charge is -2.11. The Bertz CT molecular complexity index is 936. The maximum absolute atomic E-state index is 12.4. The van der Waals surface area contributed by atoms with Crippen molar-refractivity contribution in [2.45, 2.75) is 18.5 Å². The Morgan fingerprint density at radius 3 is 2.59 bits per heavy atom. The largest absolute Gasteiger partial charge is 0.465 e. The number of carbonyl (C=O) groups excluding carboxylic acids is 2. The Kier molecular flexibility index (Phi) is 5.92. The average Bonchev–Trinajstić information content (AvgIpc) is 3.35. The van der Waals surface area contributed by atoms with Crippen molar-refractivity contribution in [3.8, 4) is 0 Å². The van der Waals surface area contributed by atoms with Crippen LogP contribution in [0.4, 0.5) is 5.69 Å². The number of aryl methyl sites for hydroxylation is 1. The topological polar surface area (TPSA) is 91.0 Å². The lowest BCUT2D eigenvalue weighted by molar-refractivity contribution is -0.113. The number of anilines is 1. The van der Waals surface area contributed by atoms with E-state index in [1.807, 2.05) is 40.8 Å². The zero-order valence-electron chi connectivity index (χ0n) is 15.0. The summed E-state index contributed by atoms with van der Waals surface area (Å²) in [7, 11) is 1.30. The van der Waals surface area contributed by atoms with Gasteiger partial charge in [0.25, 0.3) is 0 Å². The van der Waals surface area contributed by atoms with Crippen LogP contribution >= 0.6 is 11.8 Å². The summed E-state index contributed by atoms with van der Waals surface area (Å²) in [6, 6.07) is 10.5. The molecule has 1 aromatic carbocycles. The lowest BCUT2D eigenvalue weighted by Crippen LogP contribution is -2.18. The number of nitrogens with zero attached hydrogens (tertiary/aromatic N) is 4. The molecule has 0 aliphatic carbocycles. The van der Waals surface area contributed by atoms with E-state index in [4.69, 9.17) is 4.74 Å². The molecule has 3 rings (SSSR count). The van der Waals surface area contributed by atoms with Crippen LogP contribution in [0.5, 0.6) is 0 Å². The number of hydrogen-bond acceptors (Lipinski definition) is 6. The molecule has 9 heteroatoms. The second-order valence-corrected chi connectivity index (χ2v) is 6.44. The molecule has 2 aromatic heterocycles. The molecule has 27 heavy (non-hydrogen) atoms. The number of para-hydroxylation sites is 1. The monoisotopic (exact) mass is 385 g/mol. The number of esters is 1. The van der Waals surface area contributed by atoms with E-state index >= 15 is 0 Å². The van der Waals surface area contributed by atoms with Gasteiger partial charge in [0.1, 0.15) is 0 Å². The van der Waals surface area contributed by atoms with Crippen LogP contribution in [0.1, 0.15) is 23.1 Å². The minimum Gasteiger partial charge on any atom is -0.465 e. The van der Waals surface area contributed by atoms with Crippen molar-refractivity contribution in [3.63, 3.8) is 0 Å². The molecule has 0 bridgehead atoms. The van der Waals surface area contributed by atoms with Crippen LogP contribution in [0.25, 0.3) is 0 Å². The third-order valence-electron chi connectivity index (χ3n) is 3.75. The van der Waals surface area contributed by atoms with Crippen molar-refractivity contribution in [3.05, 3.63) is 60.2 Å². The molecule has 0 atom stereocenters. The van der Waals surface area contributed by atoms with E-state index in [0.717, 1.165) is 5.82 Å². The number of hydrogen-bond donors (Lipinski definition) is 1. The second-order valence-electron chi connectivity index (χ2n) is 5.50.